The highest BCUT2D eigenvalue weighted by molar-refractivity contribution is 6.21. The van der Waals surface area contributed by atoms with E-state index >= 15 is 0 Å². The molecule has 29 heavy (non-hydrogen) atoms. The Bertz CT molecular complexity index is 802. The molecule has 0 aromatic heterocycles. The topological polar surface area (TPSA) is 90.0 Å². The van der Waals surface area contributed by atoms with Crippen LogP contribution in [0.2, 0.25) is 0 Å². The van der Waals surface area contributed by atoms with E-state index in [4.69, 9.17) is 4.74 Å². The van der Waals surface area contributed by atoms with E-state index in [9.17, 15) is 19.2 Å². The van der Waals surface area contributed by atoms with E-state index in [0.29, 0.717) is 28.9 Å². The van der Waals surface area contributed by atoms with Crippen LogP contribution in [0.4, 0.5) is 0 Å². The monoisotopic (exact) mass is 401 g/mol. The summed E-state index contributed by atoms with van der Waals surface area (Å²) in [4.78, 5) is 47.4. The molecule has 1 aromatic rings. The third-order valence-corrected chi connectivity index (χ3v) is 4.09. The molecule has 0 unspecified atom stereocenters. The van der Waals surface area contributed by atoms with Gasteiger partial charge in [0.05, 0.1) is 24.3 Å². The van der Waals surface area contributed by atoms with Gasteiger partial charge in [-0.05, 0) is 46.8 Å². The molecular weight excluding hydrogens is 374 g/mol. The van der Waals surface area contributed by atoms with Gasteiger partial charge >= 0.3 is 11.9 Å². The summed E-state index contributed by atoms with van der Waals surface area (Å²) in [5, 5.41) is 0. The number of amides is 2. The van der Waals surface area contributed by atoms with Crippen LogP contribution in [0, 0.1) is 0 Å². The molecule has 0 fully saturated rings. The number of fused-ring (bicyclic) bond motifs is 1. The average molecular weight is 401 g/mol. The van der Waals surface area contributed by atoms with Gasteiger partial charge in [0.2, 0.25) is 0 Å². The normalized spacial score (nSPS) is 13.5. The summed E-state index contributed by atoms with van der Waals surface area (Å²) in [5.74, 6) is -1.33. The van der Waals surface area contributed by atoms with Crippen molar-refractivity contribution in [3.63, 3.8) is 0 Å². The first-order valence-electron chi connectivity index (χ1n) is 9.37. The zero-order valence-electron chi connectivity index (χ0n) is 17.5. The molecule has 0 N–H and O–H groups in total. The number of carbonyl (C=O) groups is 4. The van der Waals surface area contributed by atoms with Crippen molar-refractivity contribution in [1.29, 1.82) is 0 Å². The Balaban J connectivity index is 0.000000396. The molecule has 1 aliphatic rings. The molecule has 1 aliphatic heterocycles. The van der Waals surface area contributed by atoms with E-state index < -0.39 is 5.97 Å². The molecule has 0 saturated carbocycles. The highest BCUT2D eigenvalue weighted by atomic mass is 16.5. The fourth-order valence-corrected chi connectivity index (χ4v) is 2.32. The smallest absolute Gasteiger partial charge is 0.333 e. The number of imide groups is 1. The van der Waals surface area contributed by atoms with Crippen LogP contribution in [0.1, 0.15) is 55.3 Å². The van der Waals surface area contributed by atoms with Crippen molar-refractivity contribution in [2.75, 3.05) is 19.8 Å². The first-order chi connectivity index (χ1) is 13.8. The standard InChI is InChI=1S/C15H15NO4.C7H12O2/c1-3-20-15(19)10(2)8-9-16-13(17)11-6-4-5-7-12(11)14(16)18;1-4-6(3)7(8)9-5-2/h4-8H,3,9H2,1-2H3;4H,5H2,1-3H3/b10-8+;6-4+. The van der Waals surface area contributed by atoms with E-state index in [1.165, 1.54) is 6.08 Å². The highest BCUT2D eigenvalue weighted by Gasteiger charge is 2.34. The maximum absolute atomic E-state index is 12.1. The average Bonchev–Trinajstić information content (AvgIpc) is 2.96. The van der Waals surface area contributed by atoms with Gasteiger partial charge in [0.15, 0.2) is 0 Å². The molecule has 7 nitrogen and oxygen atoms in total. The molecule has 0 aliphatic carbocycles. The van der Waals surface area contributed by atoms with Gasteiger partial charge in [0, 0.05) is 17.7 Å². The van der Waals surface area contributed by atoms with Crippen molar-refractivity contribution >= 4 is 23.8 Å². The van der Waals surface area contributed by atoms with Gasteiger partial charge in [0.25, 0.3) is 11.8 Å². The van der Waals surface area contributed by atoms with Crippen LogP contribution in [0.3, 0.4) is 0 Å². The van der Waals surface area contributed by atoms with Crippen LogP contribution in [-0.2, 0) is 19.1 Å². The maximum atomic E-state index is 12.1. The van der Waals surface area contributed by atoms with Gasteiger partial charge < -0.3 is 9.47 Å². The van der Waals surface area contributed by atoms with Crippen molar-refractivity contribution < 1.29 is 28.7 Å². The Morgan fingerprint density at radius 3 is 1.76 bits per heavy atom. The molecule has 0 saturated heterocycles. The summed E-state index contributed by atoms with van der Waals surface area (Å²) in [7, 11) is 0. The minimum Gasteiger partial charge on any atom is -0.463 e. The van der Waals surface area contributed by atoms with Gasteiger partial charge in [-0.15, -0.1) is 0 Å². The van der Waals surface area contributed by atoms with Crippen molar-refractivity contribution in [2.45, 2.75) is 34.6 Å². The van der Waals surface area contributed by atoms with Crippen LogP contribution in [0.15, 0.2) is 47.6 Å². The number of carbonyl (C=O) groups excluding carboxylic acids is 4. The van der Waals surface area contributed by atoms with Crippen LogP contribution in [0.25, 0.3) is 0 Å². The molecule has 0 radical (unpaired) electrons. The maximum Gasteiger partial charge on any atom is 0.333 e. The lowest BCUT2D eigenvalue weighted by Gasteiger charge is -2.11. The molecule has 0 bridgehead atoms. The first kappa shape index (κ1) is 23.8. The summed E-state index contributed by atoms with van der Waals surface area (Å²) in [6.45, 7) is 9.45. The molecule has 0 atom stereocenters. The van der Waals surface area contributed by atoms with Crippen LogP contribution in [0.5, 0.6) is 0 Å². The largest absolute Gasteiger partial charge is 0.463 e. The second kappa shape index (κ2) is 11.6. The summed E-state index contributed by atoms with van der Waals surface area (Å²) in [5.41, 5.74) is 1.85. The fourth-order valence-electron chi connectivity index (χ4n) is 2.32. The van der Waals surface area contributed by atoms with Gasteiger partial charge in [0.1, 0.15) is 0 Å². The van der Waals surface area contributed by atoms with Gasteiger partial charge in [-0.2, -0.15) is 0 Å². The zero-order chi connectivity index (χ0) is 22.0. The predicted molar refractivity (Wildman–Crippen MR) is 108 cm³/mol. The molecule has 0 spiro atoms. The van der Waals surface area contributed by atoms with Gasteiger partial charge in [-0.3, -0.25) is 14.5 Å². The summed E-state index contributed by atoms with van der Waals surface area (Å²) in [6.07, 6.45) is 3.26. The molecule has 1 heterocycles. The molecule has 2 amide bonds. The number of allylic oxidation sites excluding steroid dienone is 1. The Morgan fingerprint density at radius 2 is 1.34 bits per heavy atom. The lowest BCUT2D eigenvalue weighted by Crippen LogP contribution is -2.30. The number of hydrogen-bond donors (Lipinski definition) is 0. The molecular formula is C22H27NO6. The van der Waals surface area contributed by atoms with Crippen molar-refractivity contribution in [3.8, 4) is 0 Å². The van der Waals surface area contributed by atoms with Crippen molar-refractivity contribution in [3.05, 3.63) is 58.7 Å². The van der Waals surface area contributed by atoms with E-state index in [1.54, 1.807) is 58.0 Å². The molecule has 1 aromatic carbocycles. The summed E-state index contributed by atoms with van der Waals surface area (Å²) >= 11 is 0. The van der Waals surface area contributed by atoms with Crippen LogP contribution < -0.4 is 0 Å². The lowest BCUT2D eigenvalue weighted by atomic mass is 10.1. The molecule has 7 heteroatoms. The number of benzene rings is 1. The Labute approximate surface area is 171 Å². The van der Waals surface area contributed by atoms with Gasteiger partial charge in [-0.1, -0.05) is 24.3 Å². The quantitative estimate of drug-likeness (QED) is 0.413. The molecule has 156 valence electrons. The van der Waals surface area contributed by atoms with Crippen LogP contribution in [-0.4, -0.2) is 48.4 Å². The Morgan fingerprint density at radius 1 is 0.897 bits per heavy atom. The fraction of sp³-hybridized carbons (Fsp3) is 0.364. The Hall–Kier alpha value is -3.22. The zero-order valence-corrected chi connectivity index (χ0v) is 17.5. The number of esters is 2. The first-order valence-corrected chi connectivity index (χ1v) is 9.37. The SMILES string of the molecule is C/C=C(\C)C(=O)OCC.CCOC(=O)/C(C)=C/CN1C(=O)c2ccccc2C1=O. The minimum atomic E-state index is -0.441. The highest BCUT2D eigenvalue weighted by Crippen LogP contribution is 2.22. The number of rotatable bonds is 6. The van der Waals surface area contributed by atoms with Crippen LogP contribution >= 0.6 is 0 Å². The number of ether oxygens (including phenoxy) is 2. The minimum absolute atomic E-state index is 0.0665. The van der Waals surface area contributed by atoms with E-state index in [-0.39, 0.29) is 30.9 Å². The second-order valence-electron chi connectivity index (χ2n) is 6.07. The third-order valence-electron chi connectivity index (χ3n) is 4.09. The second-order valence-corrected chi connectivity index (χ2v) is 6.07. The van der Waals surface area contributed by atoms with E-state index in [2.05, 4.69) is 4.74 Å². The third kappa shape index (κ3) is 6.41. The van der Waals surface area contributed by atoms with Crippen molar-refractivity contribution in [1.82, 2.24) is 4.90 Å². The number of nitrogens with zero attached hydrogens (tertiary/aromatic N) is 1. The lowest BCUT2D eigenvalue weighted by molar-refractivity contribution is -0.139. The summed E-state index contributed by atoms with van der Waals surface area (Å²) in [6, 6.07) is 6.68. The predicted octanol–water partition coefficient (Wildman–Crippen LogP) is 3.31. The van der Waals surface area contributed by atoms with Gasteiger partial charge in [-0.25, -0.2) is 9.59 Å². The van der Waals surface area contributed by atoms with E-state index in [0.717, 1.165) is 4.90 Å². The van der Waals surface area contributed by atoms with E-state index in [1.807, 2.05) is 6.92 Å². The Kier molecular flexibility index (Phi) is 9.51. The number of hydrogen-bond acceptors (Lipinski definition) is 6. The van der Waals surface area contributed by atoms with Crippen molar-refractivity contribution in [2.24, 2.45) is 0 Å². The molecule has 2 rings (SSSR count). The summed E-state index contributed by atoms with van der Waals surface area (Å²) < 4.78 is 9.53.